The maximum Gasteiger partial charge on any atom is 0.273 e. The monoisotopic (exact) mass is 368 g/mol. The van der Waals surface area contributed by atoms with Crippen LogP contribution >= 0.6 is 11.3 Å². The second-order valence-electron chi connectivity index (χ2n) is 6.54. The molecule has 1 saturated heterocycles. The Morgan fingerprint density at radius 3 is 2.84 bits per heavy atom. The first-order chi connectivity index (χ1) is 12.0. The Bertz CT molecular complexity index is 754. The van der Waals surface area contributed by atoms with Gasteiger partial charge in [0, 0.05) is 19.7 Å². The number of fused-ring (bicyclic) bond motifs is 1. The smallest absolute Gasteiger partial charge is 0.273 e. The largest absolute Gasteiger partial charge is 0.389 e. The average Bonchev–Trinajstić information content (AvgIpc) is 3.03. The second-order valence-corrected chi connectivity index (χ2v) is 7.51. The highest BCUT2D eigenvalue weighted by molar-refractivity contribution is 7.22. The van der Waals surface area contributed by atoms with Gasteiger partial charge in [-0.15, -0.1) is 0 Å². The standard InChI is InChI=1S/C16H24N4O4S/c1-11(2)8-24-9-12(21)7-20-10-17-14-13(15(20)22)25-16(18-14)19-3-5-23-6-4-19/h10-12,21H,3-9H2,1-2H3/t12-/m0/s1. The van der Waals surface area contributed by atoms with Crippen molar-refractivity contribution in [1.29, 1.82) is 0 Å². The number of hydrogen-bond acceptors (Lipinski definition) is 8. The normalized spacial score (nSPS) is 16.7. The zero-order chi connectivity index (χ0) is 17.8. The van der Waals surface area contributed by atoms with Crippen LogP contribution in [-0.2, 0) is 16.0 Å². The Kier molecular flexibility index (Phi) is 6.00. The molecule has 0 saturated carbocycles. The summed E-state index contributed by atoms with van der Waals surface area (Å²) in [6, 6.07) is 0. The van der Waals surface area contributed by atoms with Crippen molar-refractivity contribution in [1.82, 2.24) is 14.5 Å². The van der Waals surface area contributed by atoms with Gasteiger partial charge in [-0.05, 0) is 5.92 Å². The molecule has 1 atom stereocenters. The van der Waals surface area contributed by atoms with Crippen molar-refractivity contribution in [3.63, 3.8) is 0 Å². The molecule has 3 rings (SSSR count). The van der Waals surface area contributed by atoms with Crippen LogP contribution in [0.2, 0.25) is 0 Å². The summed E-state index contributed by atoms with van der Waals surface area (Å²) in [4.78, 5) is 23.5. The molecule has 2 aromatic rings. The molecular weight excluding hydrogens is 344 g/mol. The molecule has 8 nitrogen and oxygen atoms in total. The van der Waals surface area contributed by atoms with Gasteiger partial charge >= 0.3 is 0 Å². The fourth-order valence-electron chi connectivity index (χ4n) is 2.57. The summed E-state index contributed by atoms with van der Waals surface area (Å²) in [5.41, 5.74) is 0.281. The summed E-state index contributed by atoms with van der Waals surface area (Å²) in [5.74, 6) is 0.406. The van der Waals surface area contributed by atoms with E-state index >= 15 is 0 Å². The summed E-state index contributed by atoms with van der Waals surface area (Å²) in [6.45, 7) is 7.89. The van der Waals surface area contributed by atoms with Gasteiger partial charge in [-0.1, -0.05) is 25.2 Å². The maximum atomic E-state index is 12.6. The van der Waals surface area contributed by atoms with Gasteiger partial charge in [-0.2, -0.15) is 4.98 Å². The van der Waals surface area contributed by atoms with Crippen molar-refractivity contribution >= 4 is 26.8 Å². The highest BCUT2D eigenvalue weighted by atomic mass is 32.1. The average molecular weight is 368 g/mol. The molecule has 0 bridgehead atoms. The molecule has 1 fully saturated rings. The molecule has 1 aliphatic rings. The zero-order valence-electron chi connectivity index (χ0n) is 14.6. The topological polar surface area (TPSA) is 89.7 Å². The van der Waals surface area contributed by atoms with Crippen LogP contribution in [0.3, 0.4) is 0 Å². The Hall–Kier alpha value is -1.55. The fraction of sp³-hybridized carbons (Fsp3) is 0.688. The highest BCUT2D eigenvalue weighted by Gasteiger charge is 2.18. The third-order valence-corrected chi connectivity index (χ3v) is 4.92. The number of ether oxygens (including phenoxy) is 2. The van der Waals surface area contributed by atoms with Gasteiger partial charge < -0.3 is 19.5 Å². The number of nitrogens with zero attached hydrogens (tertiary/aromatic N) is 4. The first-order valence-electron chi connectivity index (χ1n) is 8.49. The Balaban J connectivity index is 1.72. The Labute approximate surface area is 150 Å². The van der Waals surface area contributed by atoms with Gasteiger partial charge in [0.25, 0.3) is 5.56 Å². The van der Waals surface area contributed by atoms with Crippen LogP contribution in [-0.4, -0.2) is 65.3 Å². The number of aromatic nitrogens is 3. The van der Waals surface area contributed by atoms with Crippen molar-refractivity contribution in [2.75, 3.05) is 44.4 Å². The first kappa shape index (κ1) is 18.2. The molecule has 3 heterocycles. The first-order valence-corrected chi connectivity index (χ1v) is 9.30. The number of aliphatic hydroxyl groups excluding tert-OH is 1. The lowest BCUT2D eigenvalue weighted by Gasteiger charge is -2.25. The molecule has 0 aromatic carbocycles. The summed E-state index contributed by atoms with van der Waals surface area (Å²) >= 11 is 1.34. The Morgan fingerprint density at radius 2 is 2.12 bits per heavy atom. The molecule has 1 aliphatic heterocycles. The molecule has 0 spiro atoms. The SMILES string of the molecule is CC(C)COC[C@@H](O)Cn1cnc2nc(N3CCOCC3)sc2c1=O. The van der Waals surface area contributed by atoms with Crippen molar-refractivity contribution in [2.45, 2.75) is 26.5 Å². The van der Waals surface area contributed by atoms with E-state index in [1.165, 1.54) is 22.2 Å². The number of rotatable bonds is 7. The van der Waals surface area contributed by atoms with Gasteiger partial charge in [0.1, 0.15) is 11.0 Å². The molecule has 9 heteroatoms. The van der Waals surface area contributed by atoms with Gasteiger partial charge in [0.2, 0.25) is 0 Å². The number of morpholine rings is 1. The lowest BCUT2D eigenvalue weighted by Crippen LogP contribution is -2.36. The summed E-state index contributed by atoms with van der Waals surface area (Å²) in [6.07, 6.45) is 0.696. The van der Waals surface area contributed by atoms with Gasteiger partial charge in [0.05, 0.1) is 32.5 Å². The van der Waals surface area contributed by atoms with Crippen LogP contribution in [0.4, 0.5) is 5.13 Å². The molecule has 0 aliphatic carbocycles. The molecule has 0 unspecified atom stereocenters. The fourth-order valence-corrected chi connectivity index (χ4v) is 3.60. The van der Waals surface area contributed by atoms with E-state index in [0.717, 1.165) is 18.2 Å². The van der Waals surface area contributed by atoms with E-state index in [-0.39, 0.29) is 18.7 Å². The van der Waals surface area contributed by atoms with E-state index < -0.39 is 6.10 Å². The van der Waals surface area contributed by atoms with Crippen molar-refractivity contribution < 1.29 is 14.6 Å². The van der Waals surface area contributed by atoms with Gasteiger partial charge in [0.15, 0.2) is 10.8 Å². The van der Waals surface area contributed by atoms with Crippen LogP contribution in [0.15, 0.2) is 11.1 Å². The lowest BCUT2D eigenvalue weighted by molar-refractivity contribution is 0.0176. The summed E-state index contributed by atoms with van der Waals surface area (Å²) in [7, 11) is 0. The zero-order valence-corrected chi connectivity index (χ0v) is 15.4. The maximum absolute atomic E-state index is 12.6. The van der Waals surface area contributed by atoms with Crippen LogP contribution in [0.5, 0.6) is 0 Å². The molecule has 0 radical (unpaired) electrons. The number of anilines is 1. The van der Waals surface area contributed by atoms with E-state index in [1.807, 2.05) is 13.8 Å². The van der Waals surface area contributed by atoms with Crippen LogP contribution in [0.1, 0.15) is 13.8 Å². The molecule has 0 amide bonds. The second kappa shape index (κ2) is 8.22. The predicted octanol–water partition coefficient (Wildman–Crippen LogP) is 0.723. The minimum absolute atomic E-state index is 0.157. The summed E-state index contributed by atoms with van der Waals surface area (Å²) < 4.78 is 12.7. The lowest BCUT2D eigenvalue weighted by atomic mass is 10.2. The molecule has 138 valence electrons. The van der Waals surface area contributed by atoms with Crippen molar-refractivity contribution in [2.24, 2.45) is 5.92 Å². The molecule has 25 heavy (non-hydrogen) atoms. The van der Waals surface area contributed by atoms with Gasteiger partial charge in [-0.25, -0.2) is 4.98 Å². The highest BCUT2D eigenvalue weighted by Crippen LogP contribution is 2.25. The molecule has 1 N–H and O–H groups in total. The molecular formula is C16H24N4O4S. The molecule has 2 aromatic heterocycles. The number of thiazole rings is 1. The third kappa shape index (κ3) is 4.55. The van der Waals surface area contributed by atoms with Crippen molar-refractivity contribution in [3.05, 3.63) is 16.7 Å². The van der Waals surface area contributed by atoms with E-state index in [2.05, 4.69) is 14.9 Å². The van der Waals surface area contributed by atoms with Gasteiger partial charge in [-0.3, -0.25) is 9.36 Å². The van der Waals surface area contributed by atoms with Crippen LogP contribution in [0.25, 0.3) is 10.3 Å². The van der Waals surface area contributed by atoms with Crippen LogP contribution in [0, 0.1) is 5.92 Å². The van der Waals surface area contributed by atoms with E-state index in [0.29, 0.717) is 36.1 Å². The van der Waals surface area contributed by atoms with E-state index in [1.54, 1.807) is 0 Å². The van der Waals surface area contributed by atoms with Crippen molar-refractivity contribution in [3.8, 4) is 0 Å². The van der Waals surface area contributed by atoms with E-state index in [4.69, 9.17) is 9.47 Å². The quantitative estimate of drug-likeness (QED) is 0.770. The minimum Gasteiger partial charge on any atom is -0.389 e. The minimum atomic E-state index is -0.748. The number of aliphatic hydroxyl groups is 1. The third-order valence-electron chi connectivity index (χ3n) is 3.82. The number of hydrogen-bond donors (Lipinski definition) is 1. The predicted molar refractivity (Wildman–Crippen MR) is 96.4 cm³/mol. The van der Waals surface area contributed by atoms with E-state index in [9.17, 15) is 9.90 Å². The Morgan fingerprint density at radius 1 is 1.36 bits per heavy atom. The summed E-state index contributed by atoms with van der Waals surface area (Å²) in [5, 5.41) is 10.9. The van der Waals surface area contributed by atoms with Crippen LogP contribution < -0.4 is 10.5 Å².